The molecule has 0 saturated carbocycles. The molecule has 2 heterocycles. The monoisotopic (exact) mass is 268 g/mol. The quantitative estimate of drug-likeness (QED) is 0.909. The zero-order valence-corrected chi connectivity index (χ0v) is 11.3. The lowest BCUT2D eigenvalue weighted by Crippen LogP contribution is -2.31. The van der Waals surface area contributed by atoms with Crippen LogP contribution in [0, 0.1) is 6.92 Å². The molecule has 4 nitrogen and oxygen atoms in total. The molecule has 0 atom stereocenters. The second-order valence-electron chi connectivity index (χ2n) is 5.08. The van der Waals surface area contributed by atoms with Crippen molar-refractivity contribution in [3.05, 3.63) is 58.9 Å². The highest BCUT2D eigenvalue weighted by molar-refractivity contribution is 5.90. The Labute approximate surface area is 117 Å². The van der Waals surface area contributed by atoms with E-state index in [0.717, 1.165) is 42.0 Å². The van der Waals surface area contributed by atoms with Crippen molar-refractivity contribution in [1.82, 2.24) is 4.98 Å². The largest absolute Gasteiger partial charge is 0.478 e. The van der Waals surface area contributed by atoms with Gasteiger partial charge in [-0.05, 0) is 42.7 Å². The molecule has 0 aliphatic carbocycles. The normalized spacial score (nSPS) is 13.9. The lowest BCUT2D eigenvalue weighted by molar-refractivity contribution is 0.0695. The van der Waals surface area contributed by atoms with Crippen molar-refractivity contribution in [3.63, 3.8) is 0 Å². The molecule has 0 amide bonds. The van der Waals surface area contributed by atoms with Gasteiger partial charge in [-0.2, -0.15) is 0 Å². The summed E-state index contributed by atoms with van der Waals surface area (Å²) in [6, 6.07) is 9.59. The maximum atomic E-state index is 11.2. The number of rotatable bonds is 2. The molecule has 0 saturated heterocycles. The molecular weight excluding hydrogens is 252 g/mol. The van der Waals surface area contributed by atoms with Crippen LogP contribution in [0.1, 0.15) is 27.2 Å². The summed E-state index contributed by atoms with van der Waals surface area (Å²) in [5.41, 5.74) is 4.65. The van der Waals surface area contributed by atoms with Crippen LogP contribution in [0.15, 0.2) is 36.5 Å². The van der Waals surface area contributed by atoms with Gasteiger partial charge in [-0.3, -0.25) is 4.98 Å². The van der Waals surface area contributed by atoms with E-state index in [4.69, 9.17) is 0 Å². The van der Waals surface area contributed by atoms with Crippen LogP contribution in [0.3, 0.4) is 0 Å². The predicted molar refractivity (Wildman–Crippen MR) is 77.1 cm³/mol. The summed E-state index contributed by atoms with van der Waals surface area (Å²) in [5.74, 6) is -0.838. The van der Waals surface area contributed by atoms with Gasteiger partial charge in [0.1, 0.15) is 0 Å². The smallest absolute Gasteiger partial charge is 0.335 e. The minimum absolute atomic E-state index is 0.438. The molecular formula is C16H16N2O2. The van der Waals surface area contributed by atoms with Crippen LogP contribution < -0.4 is 4.90 Å². The van der Waals surface area contributed by atoms with Crippen molar-refractivity contribution in [2.24, 2.45) is 0 Å². The first-order chi connectivity index (χ1) is 9.65. The standard InChI is InChI=1S/C16H16N2O2/c1-11-9-13(5-7-17-11)18-8-6-14-12(10-18)3-2-4-15(14)16(19)20/h2-5,7,9H,6,8,10H2,1H3,(H,19,20). The maximum absolute atomic E-state index is 11.2. The zero-order chi connectivity index (χ0) is 14.1. The Kier molecular flexibility index (Phi) is 3.14. The third-order valence-corrected chi connectivity index (χ3v) is 3.74. The van der Waals surface area contributed by atoms with Crippen molar-refractivity contribution >= 4 is 11.7 Å². The van der Waals surface area contributed by atoms with Gasteiger partial charge in [0, 0.05) is 30.7 Å². The third kappa shape index (κ3) is 2.25. The summed E-state index contributed by atoms with van der Waals surface area (Å²) in [4.78, 5) is 17.7. The Hall–Kier alpha value is -2.36. The zero-order valence-electron chi connectivity index (χ0n) is 11.3. The van der Waals surface area contributed by atoms with Gasteiger partial charge in [0.25, 0.3) is 0 Å². The molecule has 102 valence electrons. The number of fused-ring (bicyclic) bond motifs is 1. The van der Waals surface area contributed by atoms with Crippen LogP contribution >= 0.6 is 0 Å². The minimum atomic E-state index is -0.838. The first kappa shape index (κ1) is 12.7. The van der Waals surface area contributed by atoms with Crippen molar-refractivity contribution in [3.8, 4) is 0 Å². The molecule has 1 aliphatic rings. The van der Waals surface area contributed by atoms with Crippen LogP contribution in [-0.4, -0.2) is 22.6 Å². The van der Waals surface area contributed by atoms with Gasteiger partial charge in [-0.15, -0.1) is 0 Å². The predicted octanol–water partition coefficient (Wildman–Crippen LogP) is 2.65. The number of benzene rings is 1. The molecule has 2 aromatic rings. The van der Waals surface area contributed by atoms with E-state index in [-0.39, 0.29) is 0 Å². The van der Waals surface area contributed by atoms with E-state index in [1.165, 1.54) is 0 Å². The molecule has 1 aromatic carbocycles. The van der Waals surface area contributed by atoms with Crippen LogP contribution in [0.4, 0.5) is 5.69 Å². The Morgan fingerprint density at radius 1 is 1.35 bits per heavy atom. The van der Waals surface area contributed by atoms with Crippen molar-refractivity contribution in [2.75, 3.05) is 11.4 Å². The van der Waals surface area contributed by atoms with Gasteiger partial charge >= 0.3 is 5.97 Å². The van der Waals surface area contributed by atoms with E-state index >= 15 is 0 Å². The first-order valence-electron chi connectivity index (χ1n) is 6.67. The summed E-state index contributed by atoms with van der Waals surface area (Å²) in [7, 11) is 0. The van der Waals surface area contributed by atoms with Crippen LogP contribution in [0.25, 0.3) is 0 Å². The number of anilines is 1. The van der Waals surface area contributed by atoms with E-state index < -0.39 is 5.97 Å². The number of nitrogens with zero attached hydrogens (tertiary/aromatic N) is 2. The highest BCUT2D eigenvalue weighted by Gasteiger charge is 2.21. The molecule has 4 heteroatoms. The lowest BCUT2D eigenvalue weighted by Gasteiger charge is -2.31. The Morgan fingerprint density at radius 2 is 2.20 bits per heavy atom. The number of carboxylic acid groups (broad SMARTS) is 1. The van der Waals surface area contributed by atoms with Crippen LogP contribution in [0.2, 0.25) is 0 Å². The average molecular weight is 268 g/mol. The molecule has 0 radical (unpaired) electrons. The summed E-state index contributed by atoms with van der Waals surface area (Å²) < 4.78 is 0. The summed E-state index contributed by atoms with van der Waals surface area (Å²) in [6.07, 6.45) is 2.58. The van der Waals surface area contributed by atoms with Gasteiger partial charge < -0.3 is 10.0 Å². The highest BCUT2D eigenvalue weighted by Crippen LogP contribution is 2.26. The van der Waals surface area contributed by atoms with Crippen molar-refractivity contribution in [2.45, 2.75) is 19.9 Å². The summed E-state index contributed by atoms with van der Waals surface area (Å²) >= 11 is 0. The van der Waals surface area contributed by atoms with Gasteiger partial charge in [0.15, 0.2) is 0 Å². The number of carboxylic acids is 1. The number of carbonyl (C=O) groups is 1. The van der Waals surface area contributed by atoms with Crippen LogP contribution in [-0.2, 0) is 13.0 Å². The molecule has 0 bridgehead atoms. The Bertz CT molecular complexity index is 667. The first-order valence-corrected chi connectivity index (χ1v) is 6.67. The van der Waals surface area contributed by atoms with Gasteiger partial charge in [0.05, 0.1) is 5.56 Å². The molecule has 3 rings (SSSR count). The van der Waals surface area contributed by atoms with E-state index in [1.54, 1.807) is 6.07 Å². The average Bonchev–Trinajstić information content (AvgIpc) is 2.46. The maximum Gasteiger partial charge on any atom is 0.335 e. The summed E-state index contributed by atoms with van der Waals surface area (Å²) in [5, 5.41) is 9.24. The number of aromatic nitrogens is 1. The fourth-order valence-corrected chi connectivity index (χ4v) is 2.76. The molecule has 0 fully saturated rings. The fraction of sp³-hybridized carbons (Fsp3) is 0.250. The SMILES string of the molecule is Cc1cc(N2CCc3c(cccc3C(=O)O)C2)ccn1. The highest BCUT2D eigenvalue weighted by atomic mass is 16.4. The van der Waals surface area contributed by atoms with E-state index in [1.807, 2.05) is 31.3 Å². The number of hydrogen-bond donors (Lipinski definition) is 1. The lowest BCUT2D eigenvalue weighted by atomic mass is 9.94. The Morgan fingerprint density at radius 3 is 2.95 bits per heavy atom. The van der Waals surface area contributed by atoms with E-state index in [0.29, 0.717) is 5.56 Å². The molecule has 0 unspecified atom stereocenters. The molecule has 1 N–H and O–H groups in total. The third-order valence-electron chi connectivity index (χ3n) is 3.74. The molecule has 1 aromatic heterocycles. The van der Waals surface area contributed by atoms with Crippen LogP contribution in [0.5, 0.6) is 0 Å². The second kappa shape index (κ2) is 4.96. The fourth-order valence-electron chi connectivity index (χ4n) is 2.76. The number of pyridine rings is 1. The van der Waals surface area contributed by atoms with Crippen molar-refractivity contribution < 1.29 is 9.90 Å². The van der Waals surface area contributed by atoms with Crippen molar-refractivity contribution in [1.29, 1.82) is 0 Å². The van der Waals surface area contributed by atoms with Gasteiger partial charge in [-0.25, -0.2) is 4.79 Å². The van der Waals surface area contributed by atoms with Gasteiger partial charge in [-0.1, -0.05) is 12.1 Å². The number of aromatic carboxylic acids is 1. The number of hydrogen-bond acceptors (Lipinski definition) is 3. The minimum Gasteiger partial charge on any atom is -0.478 e. The van der Waals surface area contributed by atoms with E-state index in [9.17, 15) is 9.90 Å². The number of aryl methyl sites for hydroxylation is 1. The molecule has 1 aliphatic heterocycles. The second-order valence-corrected chi connectivity index (χ2v) is 5.08. The molecule has 20 heavy (non-hydrogen) atoms. The Balaban J connectivity index is 1.93. The van der Waals surface area contributed by atoms with E-state index in [2.05, 4.69) is 16.0 Å². The molecule has 0 spiro atoms. The van der Waals surface area contributed by atoms with Gasteiger partial charge in [0.2, 0.25) is 0 Å². The topological polar surface area (TPSA) is 53.4 Å². The summed E-state index contributed by atoms with van der Waals surface area (Å²) in [6.45, 7) is 3.56.